The van der Waals surface area contributed by atoms with Crippen LogP contribution in [0.1, 0.15) is 40.0 Å². The Morgan fingerprint density at radius 1 is 1.29 bits per heavy atom. The highest BCUT2D eigenvalue weighted by Gasteiger charge is 2.29. The molecule has 0 saturated heterocycles. The second-order valence-electron chi connectivity index (χ2n) is 4.72. The van der Waals surface area contributed by atoms with E-state index in [9.17, 15) is 0 Å². The van der Waals surface area contributed by atoms with Crippen LogP contribution in [0.15, 0.2) is 0 Å². The molecule has 1 saturated carbocycles. The van der Waals surface area contributed by atoms with Gasteiger partial charge in [0, 0.05) is 12.1 Å². The molecule has 0 bridgehead atoms. The molecule has 1 aliphatic rings. The Bertz CT molecular complexity index is 158. The van der Waals surface area contributed by atoms with Gasteiger partial charge in [-0.1, -0.05) is 20.8 Å². The summed E-state index contributed by atoms with van der Waals surface area (Å²) in [7, 11) is 2.26. The van der Waals surface area contributed by atoms with Crippen LogP contribution in [0.3, 0.4) is 0 Å². The Kier molecular flexibility index (Phi) is 4.90. The Morgan fingerprint density at radius 2 is 2.00 bits per heavy atom. The molecule has 0 amide bonds. The monoisotopic (exact) mass is 198 g/mol. The first-order chi connectivity index (χ1) is 6.69. The van der Waals surface area contributed by atoms with E-state index in [4.69, 9.17) is 0 Å². The van der Waals surface area contributed by atoms with Crippen LogP contribution in [0.25, 0.3) is 0 Å². The number of hydrogen-bond donors (Lipinski definition) is 1. The summed E-state index contributed by atoms with van der Waals surface area (Å²) in [5, 5.41) is 3.63. The van der Waals surface area contributed by atoms with Crippen LogP contribution in [0.5, 0.6) is 0 Å². The summed E-state index contributed by atoms with van der Waals surface area (Å²) in [6, 6.07) is 1.48. The Balaban J connectivity index is 2.53. The molecule has 84 valence electrons. The van der Waals surface area contributed by atoms with Crippen molar-refractivity contribution in [2.75, 3.05) is 20.1 Å². The zero-order valence-electron chi connectivity index (χ0n) is 10.2. The highest BCUT2D eigenvalue weighted by atomic mass is 15.2. The first-order valence-corrected chi connectivity index (χ1v) is 6.12. The Morgan fingerprint density at radius 3 is 2.57 bits per heavy atom. The van der Waals surface area contributed by atoms with E-state index in [1.165, 1.54) is 25.8 Å². The largest absolute Gasteiger partial charge is 0.313 e. The minimum atomic E-state index is 0.723. The van der Waals surface area contributed by atoms with Gasteiger partial charge in [-0.05, 0) is 45.3 Å². The van der Waals surface area contributed by atoms with Gasteiger partial charge < -0.3 is 10.2 Å². The van der Waals surface area contributed by atoms with Gasteiger partial charge in [0.15, 0.2) is 0 Å². The van der Waals surface area contributed by atoms with Gasteiger partial charge in [0.25, 0.3) is 0 Å². The second-order valence-corrected chi connectivity index (χ2v) is 4.72. The molecule has 1 N–H and O–H groups in total. The van der Waals surface area contributed by atoms with Gasteiger partial charge in [-0.25, -0.2) is 0 Å². The zero-order valence-corrected chi connectivity index (χ0v) is 10.2. The molecule has 3 unspecified atom stereocenters. The van der Waals surface area contributed by atoms with Crippen molar-refractivity contribution in [3.8, 4) is 0 Å². The van der Waals surface area contributed by atoms with Gasteiger partial charge in [0.2, 0.25) is 0 Å². The van der Waals surface area contributed by atoms with E-state index >= 15 is 0 Å². The molecule has 2 heteroatoms. The zero-order chi connectivity index (χ0) is 10.6. The number of rotatable bonds is 4. The van der Waals surface area contributed by atoms with Crippen molar-refractivity contribution in [2.45, 2.75) is 52.1 Å². The van der Waals surface area contributed by atoms with Gasteiger partial charge in [0.05, 0.1) is 0 Å². The fraction of sp³-hybridized carbons (Fsp3) is 1.00. The fourth-order valence-corrected chi connectivity index (χ4v) is 2.57. The third kappa shape index (κ3) is 2.96. The van der Waals surface area contributed by atoms with E-state index in [0.29, 0.717) is 0 Å². The molecule has 3 atom stereocenters. The maximum atomic E-state index is 3.63. The van der Waals surface area contributed by atoms with E-state index in [0.717, 1.165) is 24.5 Å². The average Bonchev–Trinajstić information content (AvgIpc) is 2.20. The van der Waals surface area contributed by atoms with Crippen molar-refractivity contribution in [3.05, 3.63) is 0 Å². The third-order valence-corrected chi connectivity index (χ3v) is 3.61. The summed E-state index contributed by atoms with van der Waals surface area (Å²) in [4.78, 5) is 2.50. The van der Waals surface area contributed by atoms with Crippen LogP contribution < -0.4 is 5.32 Å². The number of hydrogen-bond acceptors (Lipinski definition) is 2. The Labute approximate surface area is 89.1 Å². The molecular weight excluding hydrogens is 172 g/mol. The Hall–Kier alpha value is -0.0800. The molecule has 0 aromatic carbocycles. The van der Waals surface area contributed by atoms with Crippen molar-refractivity contribution in [2.24, 2.45) is 5.92 Å². The van der Waals surface area contributed by atoms with E-state index in [1.807, 2.05) is 0 Å². The normalized spacial score (nSPS) is 33.6. The number of nitrogens with one attached hydrogen (secondary N) is 1. The lowest BCUT2D eigenvalue weighted by Crippen LogP contribution is -2.51. The topological polar surface area (TPSA) is 15.3 Å². The molecule has 0 aromatic rings. The van der Waals surface area contributed by atoms with Crippen molar-refractivity contribution in [1.82, 2.24) is 10.2 Å². The predicted molar refractivity (Wildman–Crippen MR) is 62.6 cm³/mol. The smallest absolute Gasteiger partial charge is 0.0248 e. The quantitative estimate of drug-likeness (QED) is 0.744. The molecule has 1 rings (SSSR count). The maximum Gasteiger partial charge on any atom is 0.0248 e. The van der Waals surface area contributed by atoms with Crippen LogP contribution >= 0.6 is 0 Å². The predicted octanol–water partition coefficient (Wildman–Crippen LogP) is 2.10. The van der Waals surface area contributed by atoms with E-state index in [-0.39, 0.29) is 0 Å². The van der Waals surface area contributed by atoms with Crippen LogP contribution in [-0.4, -0.2) is 37.1 Å². The summed E-state index contributed by atoms with van der Waals surface area (Å²) in [6.07, 6.45) is 4.11. The van der Waals surface area contributed by atoms with Gasteiger partial charge >= 0.3 is 0 Å². The SMILES string of the molecule is CCNC1CCC(C)CC1N(C)CC. The second kappa shape index (κ2) is 5.72. The van der Waals surface area contributed by atoms with Crippen LogP contribution in [0, 0.1) is 5.92 Å². The molecule has 2 nitrogen and oxygen atoms in total. The van der Waals surface area contributed by atoms with Crippen molar-refractivity contribution < 1.29 is 0 Å². The average molecular weight is 198 g/mol. The van der Waals surface area contributed by atoms with Crippen LogP contribution in [0.2, 0.25) is 0 Å². The summed E-state index contributed by atoms with van der Waals surface area (Å²) in [5.74, 6) is 0.906. The van der Waals surface area contributed by atoms with Crippen molar-refractivity contribution in [3.63, 3.8) is 0 Å². The summed E-state index contributed by atoms with van der Waals surface area (Å²) >= 11 is 0. The van der Waals surface area contributed by atoms with Crippen LogP contribution in [-0.2, 0) is 0 Å². The molecule has 0 aliphatic heterocycles. The molecule has 0 aromatic heterocycles. The summed E-state index contributed by atoms with van der Waals surface area (Å²) in [6.45, 7) is 9.12. The molecule has 0 heterocycles. The molecule has 14 heavy (non-hydrogen) atoms. The standard InChI is InChI=1S/C12H26N2/c1-5-13-11-8-7-10(3)9-12(11)14(4)6-2/h10-13H,5-9H2,1-4H3. The lowest BCUT2D eigenvalue weighted by atomic mass is 9.82. The summed E-state index contributed by atoms with van der Waals surface area (Å²) < 4.78 is 0. The van der Waals surface area contributed by atoms with Crippen molar-refractivity contribution >= 4 is 0 Å². The molecular formula is C12H26N2. The van der Waals surface area contributed by atoms with E-state index < -0.39 is 0 Å². The van der Waals surface area contributed by atoms with Gasteiger partial charge in [0.1, 0.15) is 0 Å². The fourth-order valence-electron chi connectivity index (χ4n) is 2.57. The lowest BCUT2D eigenvalue weighted by molar-refractivity contribution is 0.130. The summed E-state index contributed by atoms with van der Waals surface area (Å²) in [5.41, 5.74) is 0. The molecule has 1 fully saturated rings. The lowest BCUT2D eigenvalue weighted by Gasteiger charge is -2.40. The minimum Gasteiger partial charge on any atom is -0.313 e. The van der Waals surface area contributed by atoms with E-state index in [2.05, 4.69) is 38.0 Å². The van der Waals surface area contributed by atoms with Crippen molar-refractivity contribution in [1.29, 1.82) is 0 Å². The molecule has 0 spiro atoms. The first kappa shape index (κ1) is 12.0. The van der Waals surface area contributed by atoms with Crippen LogP contribution in [0.4, 0.5) is 0 Å². The van der Waals surface area contributed by atoms with E-state index in [1.54, 1.807) is 0 Å². The number of nitrogens with zero attached hydrogens (tertiary/aromatic N) is 1. The number of likely N-dealkylation sites (N-methyl/N-ethyl adjacent to an activating group) is 2. The highest BCUT2D eigenvalue weighted by molar-refractivity contribution is 4.88. The molecule has 0 radical (unpaired) electrons. The van der Waals surface area contributed by atoms with Gasteiger partial charge in [-0.2, -0.15) is 0 Å². The minimum absolute atomic E-state index is 0.723. The highest BCUT2D eigenvalue weighted by Crippen LogP contribution is 2.27. The van der Waals surface area contributed by atoms with Gasteiger partial charge in [-0.15, -0.1) is 0 Å². The van der Waals surface area contributed by atoms with Gasteiger partial charge in [-0.3, -0.25) is 0 Å². The third-order valence-electron chi connectivity index (χ3n) is 3.61. The first-order valence-electron chi connectivity index (χ1n) is 6.12. The maximum absolute atomic E-state index is 3.63. The molecule has 1 aliphatic carbocycles.